The number of ketones is 1. The van der Waals surface area contributed by atoms with Crippen molar-refractivity contribution in [1.82, 2.24) is 0 Å². The van der Waals surface area contributed by atoms with Crippen LogP contribution in [0, 0.1) is 0 Å². The first-order chi connectivity index (χ1) is 9.93. The third kappa shape index (κ3) is 3.86. The van der Waals surface area contributed by atoms with Crippen LogP contribution in [0.5, 0.6) is 0 Å². The van der Waals surface area contributed by atoms with E-state index in [2.05, 4.69) is 54.4 Å². The lowest BCUT2D eigenvalue weighted by molar-refractivity contribution is 0.103. The molecule has 0 fully saturated rings. The molecule has 2 aromatic carbocycles. The van der Waals surface area contributed by atoms with Crippen LogP contribution in [0.4, 0.5) is 0 Å². The van der Waals surface area contributed by atoms with Gasteiger partial charge in [0, 0.05) is 15.6 Å². The van der Waals surface area contributed by atoms with Crippen LogP contribution in [-0.4, -0.2) is 5.78 Å². The molecule has 0 bridgehead atoms. The summed E-state index contributed by atoms with van der Waals surface area (Å²) in [6.07, 6.45) is 1.69. The van der Waals surface area contributed by atoms with Gasteiger partial charge in [-0.05, 0) is 35.4 Å². The Bertz CT molecular complexity index is 711. The first-order valence-corrected chi connectivity index (χ1v) is 8.98. The zero-order chi connectivity index (χ0) is 15.6. The maximum absolute atomic E-state index is 12.6. The Morgan fingerprint density at radius 2 is 1.81 bits per heavy atom. The summed E-state index contributed by atoms with van der Waals surface area (Å²) >= 11 is 16.5. The first kappa shape index (κ1) is 16.9. The highest BCUT2D eigenvalue weighted by Gasteiger charge is 2.17. The van der Waals surface area contributed by atoms with E-state index < -0.39 is 0 Å². The van der Waals surface area contributed by atoms with E-state index in [-0.39, 0.29) is 9.52 Å². The largest absolute Gasteiger partial charge is 0.289 e. The number of benzene rings is 2. The Balaban J connectivity index is 2.43. The lowest BCUT2D eigenvalue weighted by Gasteiger charge is -2.09. The molecule has 0 spiro atoms. The second kappa shape index (κ2) is 7.23. The highest BCUT2D eigenvalue weighted by Crippen LogP contribution is 2.33. The summed E-state index contributed by atoms with van der Waals surface area (Å²) < 4.78 is 0.777. The third-order valence-corrected chi connectivity index (χ3v) is 4.99. The molecule has 1 nitrogen and oxygen atoms in total. The number of halogens is 4. The monoisotopic (exact) mass is 490 g/mol. The highest BCUT2D eigenvalue weighted by atomic mass is 79.9. The van der Waals surface area contributed by atoms with Crippen molar-refractivity contribution in [3.63, 3.8) is 0 Å². The molecule has 0 aliphatic carbocycles. The van der Waals surface area contributed by atoms with Crippen LogP contribution in [0.15, 0.2) is 47.4 Å². The van der Waals surface area contributed by atoms with Crippen LogP contribution in [-0.2, 0) is 0 Å². The fraction of sp³-hybridized carbons (Fsp3) is 0.0625. The smallest absolute Gasteiger partial charge is 0.195 e. The minimum atomic E-state index is -0.116. The Labute approximate surface area is 153 Å². The van der Waals surface area contributed by atoms with Crippen LogP contribution >= 0.6 is 59.4 Å². The number of carbonyl (C=O) groups is 1. The number of rotatable bonds is 4. The second-order valence-electron chi connectivity index (χ2n) is 4.31. The van der Waals surface area contributed by atoms with E-state index in [4.69, 9.17) is 11.6 Å². The predicted octanol–water partition coefficient (Wildman–Crippen LogP) is 6.76. The van der Waals surface area contributed by atoms with Gasteiger partial charge in [0.25, 0.3) is 0 Å². The normalized spacial score (nSPS) is 10.7. The molecule has 108 valence electrons. The molecule has 0 aliphatic heterocycles. The molecule has 0 saturated heterocycles. The van der Waals surface area contributed by atoms with Crippen LogP contribution in [0.3, 0.4) is 0 Å². The van der Waals surface area contributed by atoms with Crippen LogP contribution in [0.25, 0.3) is 6.08 Å². The molecule has 2 aromatic rings. The van der Waals surface area contributed by atoms with Crippen molar-refractivity contribution in [3.05, 3.63) is 74.7 Å². The lowest BCUT2D eigenvalue weighted by atomic mass is 10.0. The molecule has 21 heavy (non-hydrogen) atoms. The number of hydrogen-bond acceptors (Lipinski definition) is 1. The van der Waals surface area contributed by atoms with Crippen molar-refractivity contribution in [2.45, 2.75) is 3.74 Å². The predicted molar refractivity (Wildman–Crippen MR) is 99.7 cm³/mol. The van der Waals surface area contributed by atoms with Crippen molar-refractivity contribution >= 4 is 71.3 Å². The first-order valence-electron chi connectivity index (χ1n) is 5.98. The van der Waals surface area contributed by atoms with Gasteiger partial charge in [-0.2, -0.15) is 0 Å². The van der Waals surface area contributed by atoms with Gasteiger partial charge in [0.1, 0.15) is 0 Å². The zero-order valence-corrected chi connectivity index (χ0v) is 16.3. The summed E-state index contributed by atoms with van der Waals surface area (Å²) in [4.78, 5) is 12.6. The van der Waals surface area contributed by atoms with E-state index in [0.717, 1.165) is 15.6 Å². The molecule has 0 radical (unpaired) electrons. The second-order valence-corrected chi connectivity index (χ2v) is 8.63. The molecule has 0 aliphatic rings. The average Bonchev–Trinajstić information content (AvgIpc) is 2.46. The van der Waals surface area contributed by atoms with Gasteiger partial charge in [-0.25, -0.2) is 0 Å². The van der Waals surface area contributed by atoms with Gasteiger partial charge >= 0.3 is 0 Å². The quantitative estimate of drug-likeness (QED) is 0.340. The van der Waals surface area contributed by atoms with E-state index in [0.29, 0.717) is 16.1 Å². The Morgan fingerprint density at radius 3 is 2.33 bits per heavy atom. The average molecular weight is 493 g/mol. The summed E-state index contributed by atoms with van der Waals surface area (Å²) in [6, 6.07) is 10.8. The van der Waals surface area contributed by atoms with Gasteiger partial charge in [0.2, 0.25) is 0 Å². The fourth-order valence-corrected chi connectivity index (χ4v) is 3.26. The van der Waals surface area contributed by atoms with Crippen LogP contribution < -0.4 is 0 Å². The summed E-state index contributed by atoms with van der Waals surface area (Å²) in [7, 11) is 0. The van der Waals surface area contributed by atoms with E-state index >= 15 is 0 Å². The van der Waals surface area contributed by atoms with Gasteiger partial charge in [0.15, 0.2) is 5.78 Å². The topological polar surface area (TPSA) is 17.1 Å². The van der Waals surface area contributed by atoms with Gasteiger partial charge in [0.05, 0.1) is 8.76 Å². The van der Waals surface area contributed by atoms with Gasteiger partial charge in [-0.15, -0.1) is 0 Å². The molecular weight excluding hydrogens is 483 g/mol. The maximum Gasteiger partial charge on any atom is 0.195 e. The molecule has 0 N–H and O–H groups in total. The SMILES string of the molecule is C=Cc1ccc(C(=O)c2ccc(C(Br)Br)cc2Br)c(Cl)c1. The summed E-state index contributed by atoms with van der Waals surface area (Å²) in [5.41, 5.74) is 2.96. The molecule has 0 heterocycles. The van der Waals surface area contributed by atoms with E-state index in [1.54, 1.807) is 24.3 Å². The van der Waals surface area contributed by atoms with E-state index in [1.807, 2.05) is 18.2 Å². The third-order valence-electron chi connectivity index (χ3n) is 2.96. The van der Waals surface area contributed by atoms with Gasteiger partial charge in [-0.3, -0.25) is 4.79 Å². The van der Waals surface area contributed by atoms with Crippen molar-refractivity contribution in [2.24, 2.45) is 0 Å². The van der Waals surface area contributed by atoms with E-state index in [9.17, 15) is 4.79 Å². The molecule has 0 saturated carbocycles. The van der Waals surface area contributed by atoms with Crippen molar-refractivity contribution in [2.75, 3.05) is 0 Å². The zero-order valence-electron chi connectivity index (χ0n) is 10.7. The van der Waals surface area contributed by atoms with Gasteiger partial charge in [-0.1, -0.05) is 84.2 Å². The molecule has 5 heteroatoms. The molecule has 2 rings (SSSR count). The number of hydrogen-bond donors (Lipinski definition) is 0. The van der Waals surface area contributed by atoms with Crippen molar-refractivity contribution in [1.29, 1.82) is 0 Å². The molecule has 0 unspecified atom stereocenters. The Kier molecular flexibility index (Phi) is 5.83. The minimum Gasteiger partial charge on any atom is -0.289 e. The van der Waals surface area contributed by atoms with Crippen molar-refractivity contribution < 1.29 is 4.79 Å². The number of carbonyl (C=O) groups excluding carboxylic acids is 1. The summed E-state index contributed by atoms with van der Waals surface area (Å²) in [6.45, 7) is 3.69. The highest BCUT2D eigenvalue weighted by molar-refractivity contribution is 9.24. The fourth-order valence-electron chi connectivity index (χ4n) is 1.84. The van der Waals surface area contributed by atoms with E-state index in [1.165, 1.54) is 0 Å². The molecular formula is C16H10Br3ClO. The van der Waals surface area contributed by atoms with Crippen LogP contribution in [0.2, 0.25) is 5.02 Å². The van der Waals surface area contributed by atoms with Gasteiger partial charge < -0.3 is 0 Å². The lowest BCUT2D eigenvalue weighted by Crippen LogP contribution is -2.04. The number of alkyl halides is 2. The summed E-state index contributed by atoms with van der Waals surface area (Å²) in [5.74, 6) is -0.116. The Hall–Kier alpha value is -0.420. The molecule has 0 aromatic heterocycles. The maximum atomic E-state index is 12.6. The summed E-state index contributed by atoms with van der Waals surface area (Å²) in [5, 5.41) is 0.423. The van der Waals surface area contributed by atoms with Crippen molar-refractivity contribution in [3.8, 4) is 0 Å². The minimum absolute atomic E-state index is 0.0425. The van der Waals surface area contributed by atoms with Crippen LogP contribution in [0.1, 0.15) is 30.8 Å². The Morgan fingerprint density at radius 1 is 1.14 bits per heavy atom. The molecule has 0 amide bonds. The standard InChI is InChI=1S/C16H10Br3ClO/c1-2-9-3-5-12(14(20)7-9)15(21)11-6-4-10(16(18)19)8-13(11)17/h2-8,16H,1H2. The molecule has 0 atom stereocenters.